The standard InChI is InChI=1S/C12H12FNO2/c1-5-3-4-7-8(11(5)15)12(16)10(14)6(2)9(7)13/h16H,1,3-4,14H2,2H3. The van der Waals surface area contributed by atoms with E-state index in [0.29, 0.717) is 18.4 Å². The largest absolute Gasteiger partial charge is 0.505 e. The zero-order valence-electron chi connectivity index (χ0n) is 8.93. The van der Waals surface area contributed by atoms with Crippen LogP contribution in [0, 0.1) is 12.7 Å². The highest BCUT2D eigenvalue weighted by Gasteiger charge is 2.29. The Bertz CT molecular complexity index is 520. The number of carbonyl (C=O) groups excluding carboxylic acids is 1. The summed E-state index contributed by atoms with van der Waals surface area (Å²) in [6, 6.07) is 0. The molecule has 0 spiro atoms. The van der Waals surface area contributed by atoms with Gasteiger partial charge in [0.2, 0.25) is 0 Å². The molecule has 16 heavy (non-hydrogen) atoms. The first kappa shape index (κ1) is 10.7. The predicted octanol–water partition coefficient (Wildman–Crippen LogP) is 2.11. The molecule has 0 aromatic heterocycles. The summed E-state index contributed by atoms with van der Waals surface area (Å²) in [6.07, 6.45) is 0.798. The second-order valence-electron chi connectivity index (χ2n) is 3.99. The maximum absolute atomic E-state index is 13.9. The molecule has 0 amide bonds. The number of phenols is 1. The molecule has 2 rings (SSSR count). The van der Waals surface area contributed by atoms with Gasteiger partial charge >= 0.3 is 0 Å². The van der Waals surface area contributed by atoms with Gasteiger partial charge in [0.05, 0.1) is 11.3 Å². The van der Waals surface area contributed by atoms with E-state index < -0.39 is 11.6 Å². The van der Waals surface area contributed by atoms with Gasteiger partial charge < -0.3 is 10.8 Å². The minimum absolute atomic E-state index is 0.0168. The molecule has 0 fully saturated rings. The van der Waals surface area contributed by atoms with Crippen LogP contribution >= 0.6 is 0 Å². The summed E-state index contributed by atoms with van der Waals surface area (Å²) in [5.74, 6) is -1.23. The van der Waals surface area contributed by atoms with E-state index in [9.17, 15) is 14.3 Å². The van der Waals surface area contributed by atoms with Gasteiger partial charge in [-0.1, -0.05) is 6.58 Å². The maximum atomic E-state index is 13.9. The van der Waals surface area contributed by atoms with E-state index in [2.05, 4.69) is 6.58 Å². The van der Waals surface area contributed by atoms with Gasteiger partial charge in [-0.15, -0.1) is 0 Å². The summed E-state index contributed by atoms with van der Waals surface area (Å²) in [5, 5.41) is 9.78. The van der Waals surface area contributed by atoms with Crippen molar-refractivity contribution in [2.75, 3.05) is 5.73 Å². The summed E-state index contributed by atoms with van der Waals surface area (Å²) in [5.41, 5.74) is 6.28. The van der Waals surface area contributed by atoms with E-state index in [4.69, 9.17) is 5.73 Å². The molecule has 1 aromatic rings. The van der Waals surface area contributed by atoms with Crippen molar-refractivity contribution in [1.82, 2.24) is 0 Å². The number of rotatable bonds is 0. The molecule has 0 heterocycles. The third kappa shape index (κ3) is 1.23. The molecule has 0 saturated carbocycles. The Balaban J connectivity index is 2.82. The van der Waals surface area contributed by atoms with Gasteiger partial charge in [-0.05, 0) is 25.3 Å². The third-order valence-corrected chi connectivity index (χ3v) is 3.02. The smallest absolute Gasteiger partial charge is 0.192 e. The van der Waals surface area contributed by atoms with Crippen molar-refractivity contribution >= 4 is 11.5 Å². The number of ketones is 1. The van der Waals surface area contributed by atoms with Gasteiger partial charge in [-0.25, -0.2) is 4.39 Å². The lowest BCUT2D eigenvalue weighted by Crippen LogP contribution is -2.17. The highest BCUT2D eigenvalue weighted by molar-refractivity contribution is 6.13. The number of allylic oxidation sites excluding steroid dienone is 1. The Morgan fingerprint density at radius 1 is 1.44 bits per heavy atom. The zero-order valence-corrected chi connectivity index (χ0v) is 8.93. The second kappa shape index (κ2) is 3.33. The van der Waals surface area contributed by atoms with Crippen LogP contribution in [-0.4, -0.2) is 10.9 Å². The van der Waals surface area contributed by atoms with Crippen molar-refractivity contribution in [1.29, 1.82) is 0 Å². The van der Waals surface area contributed by atoms with Crippen LogP contribution in [0.4, 0.5) is 10.1 Å². The highest BCUT2D eigenvalue weighted by Crippen LogP contribution is 2.39. The Kier molecular flexibility index (Phi) is 2.22. The Morgan fingerprint density at radius 2 is 2.06 bits per heavy atom. The number of aromatic hydroxyl groups is 1. The second-order valence-corrected chi connectivity index (χ2v) is 3.99. The average molecular weight is 221 g/mol. The minimum atomic E-state index is -0.494. The molecular weight excluding hydrogens is 209 g/mol. The molecular formula is C12H12FNO2. The Morgan fingerprint density at radius 3 is 2.69 bits per heavy atom. The first-order valence-electron chi connectivity index (χ1n) is 4.97. The number of carbonyl (C=O) groups is 1. The molecule has 1 aromatic carbocycles. The lowest BCUT2D eigenvalue weighted by molar-refractivity contribution is 0.102. The first-order chi connectivity index (χ1) is 7.45. The number of nitrogen functional groups attached to an aromatic ring is 1. The fourth-order valence-electron chi connectivity index (χ4n) is 1.96. The van der Waals surface area contributed by atoms with Gasteiger partial charge in [-0.2, -0.15) is 0 Å². The van der Waals surface area contributed by atoms with Crippen LogP contribution in [0.1, 0.15) is 27.9 Å². The number of hydrogen-bond acceptors (Lipinski definition) is 3. The molecule has 1 aliphatic rings. The number of benzene rings is 1. The normalized spacial score (nSPS) is 15.1. The van der Waals surface area contributed by atoms with E-state index >= 15 is 0 Å². The van der Waals surface area contributed by atoms with Crippen molar-refractivity contribution in [2.24, 2.45) is 0 Å². The molecule has 0 bridgehead atoms. The van der Waals surface area contributed by atoms with Crippen LogP contribution in [0.15, 0.2) is 12.2 Å². The maximum Gasteiger partial charge on any atom is 0.192 e. The Hall–Kier alpha value is -1.84. The van der Waals surface area contributed by atoms with Gasteiger partial charge in [0.25, 0.3) is 0 Å². The molecule has 0 radical (unpaired) electrons. The molecule has 0 saturated heterocycles. The zero-order chi connectivity index (χ0) is 12.0. The molecule has 4 heteroatoms. The van der Waals surface area contributed by atoms with Gasteiger partial charge in [0.15, 0.2) is 5.78 Å². The summed E-state index contributed by atoms with van der Waals surface area (Å²) < 4.78 is 13.9. The fourth-order valence-corrected chi connectivity index (χ4v) is 1.96. The fraction of sp³-hybridized carbons (Fsp3) is 0.250. The van der Waals surface area contributed by atoms with Crippen LogP contribution in [0.25, 0.3) is 0 Å². The van der Waals surface area contributed by atoms with Crippen LogP contribution in [0.2, 0.25) is 0 Å². The number of nitrogens with two attached hydrogens (primary N) is 1. The Labute approximate surface area is 92.4 Å². The molecule has 0 unspecified atom stereocenters. The lowest BCUT2D eigenvalue weighted by atomic mass is 9.85. The van der Waals surface area contributed by atoms with Crippen molar-refractivity contribution in [2.45, 2.75) is 19.8 Å². The van der Waals surface area contributed by atoms with Crippen molar-refractivity contribution in [3.8, 4) is 5.75 Å². The lowest BCUT2D eigenvalue weighted by Gasteiger charge is -2.21. The van der Waals surface area contributed by atoms with Crippen molar-refractivity contribution < 1.29 is 14.3 Å². The minimum Gasteiger partial charge on any atom is -0.505 e. The quantitative estimate of drug-likeness (QED) is 0.400. The number of anilines is 1. The van der Waals surface area contributed by atoms with Crippen LogP contribution in [0.3, 0.4) is 0 Å². The predicted molar refractivity (Wildman–Crippen MR) is 59.0 cm³/mol. The SMILES string of the molecule is C=C1CCc2c(F)c(C)c(N)c(O)c2C1=O. The molecule has 3 nitrogen and oxygen atoms in total. The van der Waals surface area contributed by atoms with E-state index in [-0.39, 0.29) is 28.1 Å². The molecule has 1 aliphatic carbocycles. The number of hydrogen-bond donors (Lipinski definition) is 2. The molecule has 0 atom stereocenters. The average Bonchev–Trinajstić information content (AvgIpc) is 2.27. The van der Waals surface area contributed by atoms with E-state index in [1.165, 1.54) is 6.92 Å². The van der Waals surface area contributed by atoms with Gasteiger partial charge in [0, 0.05) is 11.1 Å². The number of fused-ring (bicyclic) bond motifs is 1. The third-order valence-electron chi connectivity index (χ3n) is 3.02. The van der Waals surface area contributed by atoms with Crippen LogP contribution in [-0.2, 0) is 6.42 Å². The number of Topliss-reactive ketones (excluding diaryl/α,β-unsaturated/α-hetero) is 1. The van der Waals surface area contributed by atoms with Crippen molar-refractivity contribution in [3.05, 3.63) is 34.7 Å². The monoisotopic (exact) mass is 221 g/mol. The number of phenolic OH excluding ortho intramolecular Hbond substituents is 1. The summed E-state index contributed by atoms with van der Waals surface area (Å²) >= 11 is 0. The highest BCUT2D eigenvalue weighted by atomic mass is 19.1. The molecule has 0 aliphatic heterocycles. The van der Waals surface area contributed by atoms with E-state index in [1.807, 2.05) is 0 Å². The number of halogens is 1. The first-order valence-corrected chi connectivity index (χ1v) is 4.97. The van der Waals surface area contributed by atoms with Crippen LogP contribution in [0.5, 0.6) is 5.75 Å². The summed E-state index contributed by atoms with van der Waals surface area (Å²) in [4.78, 5) is 11.8. The van der Waals surface area contributed by atoms with E-state index in [1.54, 1.807) is 0 Å². The topological polar surface area (TPSA) is 63.3 Å². The molecule has 84 valence electrons. The van der Waals surface area contributed by atoms with Gasteiger partial charge in [0.1, 0.15) is 11.6 Å². The van der Waals surface area contributed by atoms with E-state index in [0.717, 1.165) is 0 Å². The van der Waals surface area contributed by atoms with Crippen molar-refractivity contribution in [3.63, 3.8) is 0 Å². The summed E-state index contributed by atoms with van der Waals surface area (Å²) in [7, 11) is 0. The van der Waals surface area contributed by atoms with Gasteiger partial charge in [-0.3, -0.25) is 4.79 Å². The molecule has 3 N–H and O–H groups in total. The summed E-state index contributed by atoms with van der Waals surface area (Å²) in [6.45, 7) is 5.08. The van der Waals surface area contributed by atoms with Crippen LogP contribution < -0.4 is 5.73 Å².